The van der Waals surface area contributed by atoms with E-state index in [0.29, 0.717) is 48.8 Å². The van der Waals surface area contributed by atoms with Gasteiger partial charge in [-0.15, -0.1) is 0 Å². The van der Waals surface area contributed by atoms with Crippen LogP contribution in [0.1, 0.15) is 38.1 Å². The zero-order valence-corrected chi connectivity index (χ0v) is 19.5. The number of carbonyl (C=O) groups excluding carboxylic acids is 1. The summed E-state index contributed by atoms with van der Waals surface area (Å²) in [5.41, 5.74) is 1.27. The number of pyridine rings is 1. The number of rotatable bonds is 5. The van der Waals surface area contributed by atoms with Gasteiger partial charge >= 0.3 is 6.09 Å². The van der Waals surface area contributed by atoms with Crippen LogP contribution in [0.5, 0.6) is 5.75 Å². The maximum atomic E-state index is 12.5. The molecule has 33 heavy (non-hydrogen) atoms. The van der Waals surface area contributed by atoms with Crippen molar-refractivity contribution in [1.82, 2.24) is 24.7 Å². The van der Waals surface area contributed by atoms with Gasteiger partial charge in [0.05, 0.1) is 31.0 Å². The van der Waals surface area contributed by atoms with Crippen LogP contribution in [-0.4, -0.2) is 90.2 Å². The molecule has 10 nitrogen and oxygen atoms in total. The van der Waals surface area contributed by atoms with Crippen molar-refractivity contribution in [2.24, 2.45) is 0 Å². The van der Waals surface area contributed by atoms with E-state index < -0.39 is 5.60 Å². The average Bonchev–Trinajstić information content (AvgIpc) is 3.17. The van der Waals surface area contributed by atoms with Crippen molar-refractivity contribution in [1.29, 1.82) is 5.26 Å². The highest BCUT2D eigenvalue weighted by atomic mass is 16.6. The van der Waals surface area contributed by atoms with Gasteiger partial charge in [-0.2, -0.15) is 10.4 Å². The molecule has 2 aromatic rings. The van der Waals surface area contributed by atoms with Crippen molar-refractivity contribution < 1.29 is 19.0 Å². The van der Waals surface area contributed by atoms with Crippen LogP contribution in [0, 0.1) is 11.3 Å². The fourth-order valence-electron chi connectivity index (χ4n) is 4.04. The van der Waals surface area contributed by atoms with E-state index in [-0.39, 0.29) is 12.1 Å². The topological polar surface area (TPSA) is 104 Å². The molecule has 1 amide bonds. The first kappa shape index (κ1) is 23.3. The maximum absolute atomic E-state index is 12.5. The summed E-state index contributed by atoms with van der Waals surface area (Å²) >= 11 is 0. The molecule has 2 aliphatic rings. The first-order valence-electron chi connectivity index (χ1n) is 11.4. The Balaban J connectivity index is 1.46. The molecule has 0 radical (unpaired) electrons. The van der Waals surface area contributed by atoms with Crippen LogP contribution < -0.4 is 10.1 Å². The molecule has 1 atom stereocenters. The highest BCUT2D eigenvalue weighted by molar-refractivity contribution is 5.69. The molecule has 0 spiro atoms. The molecule has 0 aliphatic carbocycles. The minimum atomic E-state index is -0.559. The molecular weight excluding hydrogens is 424 g/mol. The Kier molecular flexibility index (Phi) is 7.02. The average molecular weight is 457 g/mol. The first-order chi connectivity index (χ1) is 15.8. The summed E-state index contributed by atoms with van der Waals surface area (Å²) in [4.78, 5) is 16.5. The first-order valence-corrected chi connectivity index (χ1v) is 11.4. The van der Waals surface area contributed by atoms with Gasteiger partial charge in [-0.05, 0) is 32.9 Å². The Morgan fingerprint density at radius 2 is 2.09 bits per heavy atom. The van der Waals surface area contributed by atoms with Gasteiger partial charge in [0.15, 0.2) is 0 Å². The number of fused-ring (bicyclic) bond motifs is 1. The van der Waals surface area contributed by atoms with Gasteiger partial charge in [0, 0.05) is 39.3 Å². The Bertz CT molecular complexity index is 1020. The van der Waals surface area contributed by atoms with Crippen LogP contribution >= 0.6 is 0 Å². The molecule has 2 fully saturated rings. The number of morpholine rings is 1. The molecule has 0 bridgehead atoms. The number of aromatic nitrogens is 2. The van der Waals surface area contributed by atoms with E-state index in [0.717, 1.165) is 32.8 Å². The number of nitriles is 1. The van der Waals surface area contributed by atoms with Gasteiger partial charge in [-0.25, -0.2) is 9.31 Å². The van der Waals surface area contributed by atoms with E-state index in [4.69, 9.17) is 14.2 Å². The molecular formula is C23H32N6O4. The lowest BCUT2D eigenvalue weighted by molar-refractivity contribution is 0.0193. The lowest BCUT2D eigenvalue weighted by Crippen LogP contribution is -2.50. The van der Waals surface area contributed by atoms with Crippen LogP contribution in [-0.2, 0) is 9.47 Å². The Labute approximate surface area is 194 Å². The summed E-state index contributed by atoms with van der Waals surface area (Å²) < 4.78 is 18.5. The van der Waals surface area contributed by atoms with Crippen molar-refractivity contribution in [3.63, 3.8) is 0 Å². The third kappa shape index (κ3) is 5.74. The van der Waals surface area contributed by atoms with Crippen LogP contribution in [0.4, 0.5) is 4.79 Å². The van der Waals surface area contributed by atoms with Crippen LogP contribution in [0.2, 0.25) is 0 Å². The second kappa shape index (κ2) is 9.95. The number of hydrogen-bond acceptors (Lipinski definition) is 8. The molecule has 2 aliphatic heterocycles. The number of carbonyl (C=O) groups is 1. The number of nitrogens with zero attached hydrogens (tertiary/aromatic N) is 5. The van der Waals surface area contributed by atoms with Gasteiger partial charge < -0.3 is 24.4 Å². The third-order valence-electron chi connectivity index (χ3n) is 5.68. The van der Waals surface area contributed by atoms with Gasteiger partial charge in [0.2, 0.25) is 0 Å². The maximum Gasteiger partial charge on any atom is 0.410 e. The van der Waals surface area contributed by atoms with E-state index in [1.807, 2.05) is 32.9 Å². The standard InChI is InChI=1S/C23H32N6O4/c1-23(2,3)33-22(30)28-7-6-25-19(16-28)21-18(14-24)20-5-4-17(15-29(20)26-21)32-13-10-27-8-11-31-12-9-27/h4-5,15,19,25H,6-13,16H2,1-3H3. The lowest BCUT2D eigenvalue weighted by Gasteiger charge is -2.34. The van der Waals surface area contributed by atoms with Crippen molar-refractivity contribution in [2.75, 3.05) is 59.1 Å². The lowest BCUT2D eigenvalue weighted by atomic mass is 10.1. The molecule has 2 saturated heterocycles. The van der Waals surface area contributed by atoms with Crippen LogP contribution in [0.15, 0.2) is 18.3 Å². The number of nitrogens with one attached hydrogen (secondary N) is 1. The molecule has 1 N–H and O–H groups in total. The summed E-state index contributed by atoms with van der Waals surface area (Å²) in [5, 5.41) is 17.9. The van der Waals surface area contributed by atoms with E-state index in [9.17, 15) is 10.1 Å². The summed E-state index contributed by atoms with van der Waals surface area (Å²) in [6, 6.07) is 5.75. The Morgan fingerprint density at radius 1 is 1.30 bits per heavy atom. The quantitative estimate of drug-likeness (QED) is 0.726. The number of ether oxygens (including phenoxy) is 3. The molecule has 0 aromatic carbocycles. The monoisotopic (exact) mass is 456 g/mol. The molecule has 2 aromatic heterocycles. The fraction of sp³-hybridized carbons (Fsp3) is 0.609. The zero-order chi connectivity index (χ0) is 23.4. The molecule has 10 heteroatoms. The molecule has 4 rings (SSSR count). The summed E-state index contributed by atoms with van der Waals surface area (Å²) in [6.07, 6.45) is 1.44. The van der Waals surface area contributed by atoms with Gasteiger partial charge in [-0.1, -0.05) is 0 Å². The van der Waals surface area contributed by atoms with Gasteiger partial charge in [-0.3, -0.25) is 4.90 Å². The van der Waals surface area contributed by atoms with Gasteiger partial charge in [0.1, 0.15) is 35.3 Å². The minimum absolute atomic E-state index is 0.258. The fourth-order valence-corrected chi connectivity index (χ4v) is 4.04. The Hall–Kier alpha value is -2.87. The molecule has 178 valence electrons. The highest BCUT2D eigenvalue weighted by Gasteiger charge is 2.31. The molecule has 0 saturated carbocycles. The predicted octanol–water partition coefficient (Wildman–Crippen LogP) is 1.80. The third-order valence-corrected chi connectivity index (χ3v) is 5.68. The summed E-state index contributed by atoms with van der Waals surface area (Å²) in [5.74, 6) is 0.696. The van der Waals surface area contributed by atoms with E-state index in [2.05, 4.69) is 21.4 Å². The van der Waals surface area contributed by atoms with Crippen molar-refractivity contribution in [2.45, 2.75) is 32.4 Å². The van der Waals surface area contributed by atoms with E-state index >= 15 is 0 Å². The summed E-state index contributed by atoms with van der Waals surface area (Å²) in [6.45, 7) is 11.8. The zero-order valence-electron chi connectivity index (χ0n) is 19.5. The summed E-state index contributed by atoms with van der Waals surface area (Å²) in [7, 11) is 0. The molecule has 4 heterocycles. The predicted molar refractivity (Wildman–Crippen MR) is 121 cm³/mol. The minimum Gasteiger partial charge on any atom is -0.491 e. The smallest absolute Gasteiger partial charge is 0.410 e. The van der Waals surface area contributed by atoms with Crippen molar-refractivity contribution in [3.05, 3.63) is 29.6 Å². The van der Waals surface area contributed by atoms with E-state index in [1.54, 1.807) is 15.6 Å². The number of amides is 1. The van der Waals surface area contributed by atoms with Crippen molar-refractivity contribution in [3.8, 4) is 11.8 Å². The van der Waals surface area contributed by atoms with Gasteiger partial charge in [0.25, 0.3) is 0 Å². The van der Waals surface area contributed by atoms with Crippen molar-refractivity contribution >= 4 is 11.6 Å². The largest absolute Gasteiger partial charge is 0.491 e. The second-order valence-electron chi connectivity index (χ2n) is 9.30. The SMILES string of the molecule is CC(C)(C)OC(=O)N1CCNC(c2nn3cc(OCCN4CCOCC4)ccc3c2C#N)C1. The highest BCUT2D eigenvalue weighted by Crippen LogP contribution is 2.26. The number of hydrogen-bond donors (Lipinski definition) is 1. The van der Waals surface area contributed by atoms with E-state index in [1.165, 1.54) is 0 Å². The van der Waals surface area contributed by atoms with Crippen LogP contribution in [0.3, 0.4) is 0 Å². The normalized spacial score (nSPS) is 19.9. The second-order valence-corrected chi connectivity index (χ2v) is 9.30. The number of piperazine rings is 1. The van der Waals surface area contributed by atoms with Crippen LogP contribution in [0.25, 0.3) is 5.52 Å². The molecule has 1 unspecified atom stereocenters. The Morgan fingerprint density at radius 3 is 2.82 bits per heavy atom.